The minimum absolute atomic E-state index is 0.0556. The molecule has 3 saturated heterocycles. The first-order valence-corrected chi connectivity index (χ1v) is 10.5. The molecule has 1 amide bonds. The highest BCUT2D eigenvalue weighted by Crippen LogP contribution is 2.54. The first kappa shape index (κ1) is 20.8. The van der Waals surface area contributed by atoms with Gasteiger partial charge in [0.2, 0.25) is 0 Å². The Bertz CT molecular complexity index is 770. The number of hydrazine groups is 1. The molecule has 2 bridgehead atoms. The van der Waals surface area contributed by atoms with Gasteiger partial charge in [0.05, 0.1) is 12.2 Å². The summed E-state index contributed by atoms with van der Waals surface area (Å²) in [4.78, 5) is 22.5. The molecule has 0 saturated carbocycles. The Labute approximate surface area is 175 Å². The lowest BCUT2D eigenvalue weighted by Crippen LogP contribution is -2.45. The summed E-state index contributed by atoms with van der Waals surface area (Å²) in [6, 6.07) is 9.52. The molecule has 0 unspecified atom stereocenters. The van der Waals surface area contributed by atoms with E-state index in [0.717, 1.165) is 18.4 Å². The minimum atomic E-state index is -0.761. The number of epoxide rings is 1. The van der Waals surface area contributed by atoms with Crippen molar-refractivity contribution < 1.29 is 28.9 Å². The average molecular weight is 416 g/mol. The number of hydrogen-bond acceptors (Lipinski definition) is 6. The van der Waals surface area contributed by atoms with E-state index in [1.165, 1.54) is 0 Å². The maximum absolute atomic E-state index is 11.9. The number of carbonyl (C=O) groups is 2. The lowest BCUT2D eigenvalue weighted by atomic mass is 9.77. The fourth-order valence-electron chi connectivity index (χ4n) is 4.50. The largest absolute Gasteiger partial charge is 0.481 e. The molecule has 162 valence electrons. The van der Waals surface area contributed by atoms with Crippen molar-refractivity contribution in [3.63, 3.8) is 0 Å². The number of nitrogens with one attached hydrogen (secondary N) is 2. The van der Waals surface area contributed by atoms with E-state index in [1.807, 2.05) is 36.4 Å². The third-order valence-corrected chi connectivity index (χ3v) is 5.99. The number of carboxylic acid groups (broad SMARTS) is 1. The standard InChI is InChI=1S/C22H28N2O6/c25-17(26)11-7-2-1-6-10-15-16(19-21-20(30-21)18(15)29-19)12-23-24-22(27)28-13-14-8-4-3-5-9-14/h1,3-6,8-9,15-16,18-21,23H,2,7,10-13H2,(H,24,27)(H,25,26)/b6-1-/t15-,16+,18+,19-,20-,21+/m0/s1. The Morgan fingerprint density at radius 2 is 1.77 bits per heavy atom. The van der Waals surface area contributed by atoms with Gasteiger partial charge in [-0.05, 0) is 30.7 Å². The van der Waals surface area contributed by atoms with Crippen molar-refractivity contribution >= 4 is 12.1 Å². The number of amides is 1. The van der Waals surface area contributed by atoms with Gasteiger partial charge in [0.1, 0.15) is 18.8 Å². The number of aliphatic carboxylic acids is 1. The van der Waals surface area contributed by atoms with E-state index in [0.29, 0.717) is 18.9 Å². The number of fused-ring (bicyclic) bond motifs is 5. The van der Waals surface area contributed by atoms with Crippen LogP contribution < -0.4 is 10.9 Å². The summed E-state index contributed by atoms with van der Waals surface area (Å²) in [5.41, 5.74) is 6.52. The lowest BCUT2D eigenvalue weighted by molar-refractivity contribution is -0.137. The predicted octanol–water partition coefficient (Wildman–Crippen LogP) is 2.40. The average Bonchev–Trinajstić information content (AvgIpc) is 3.37. The number of benzene rings is 1. The topological polar surface area (TPSA) is 109 Å². The number of carbonyl (C=O) groups excluding carboxylic acids is 1. The molecule has 1 aromatic rings. The number of allylic oxidation sites excluding steroid dienone is 2. The van der Waals surface area contributed by atoms with Crippen LogP contribution in [0.2, 0.25) is 0 Å². The number of hydrogen-bond donors (Lipinski definition) is 3. The highest BCUT2D eigenvalue weighted by Gasteiger charge is 2.68. The second-order valence-electron chi connectivity index (χ2n) is 8.02. The van der Waals surface area contributed by atoms with Gasteiger partial charge in [0.25, 0.3) is 0 Å². The van der Waals surface area contributed by atoms with E-state index >= 15 is 0 Å². The molecule has 3 fully saturated rings. The Morgan fingerprint density at radius 1 is 1.03 bits per heavy atom. The molecule has 3 aliphatic heterocycles. The molecule has 3 aliphatic rings. The van der Waals surface area contributed by atoms with Crippen LogP contribution in [-0.2, 0) is 25.6 Å². The van der Waals surface area contributed by atoms with Crippen LogP contribution in [0, 0.1) is 11.8 Å². The van der Waals surface area contributed by atoms with Gasteiger partial charge in [-0.25, -0.2) is 10.2 Å². The fraction of sp³-hybridized carbons (Fsp3) is 0.545. The quantitative estimate of drug-likeness (QED) is 0.220. The van der Waals surface area contributed by atoms with Crippen molar-refractivity contribution in [2.75, 3.05) is 6.54 Å². The number of unbranched alkanes of at least 4 members (excludes halogenated alkanes) is 1. The molecule has 1 aromatic carbocycles. The van der Waals surface area contributed by atoms with E-state index in [9.17, 15) is 9.59 Å². The van der Waals surface area contributed by atoms with Crippen molar-refractivity contribution in [1.82, 2.24) is 10.9 Å². The van der Waals surface area contributed by atoms with Gasteiger partial charge in [-0.15, -0.1) is 0 Å². The Hall–Kier alpha value is -2.42. The molecule has 8 nitrogen and oxygen atoms in total. The zero-order chi connectivity index (χ0) is 20.9. The summed E-state index contributed by atoms with van der Waals surface area (Å²) in [6.45, 7) is 0.796. The number of carboxylic acids is 1. The summed E-state index contributed by atoms with van der Waals surface area (Å²) in [5.74, 6) is -0.219. The molecule has 0 aliphatic carbocycles. The monoisotopic (exact) mass is 416 g/mol. The van der Waals surface area contributed by atoms with E-state index in [4.69, 9.17) is 19.3 Å². The zero-order valence-corrected chi connectivity index (χ0v) is 16.7. The van der Waals surface area contributed by atoms with Crippen LogP contribution in [0.4, 0.5) is 4.79 Å². The molecule has 8 heteroatoms. The summed E-state index contributed by atoms with van der Waals surface area (Å²) in [5, 5.41) is 8.70. The van der Waals surface area contributed by atoms with Gasteiger partial charge in [0, 0.05) is 18.9 Å². The Balaban J connectivity index is 1.19. The maximum atomic E-state index is 11.9. The maximum Gasteiger partial charge on any atom is 0.421 e. The van der Waals surface area contributed by atoms with Gasteiger partial charge in [0.15, 0.2) is 0 Å². The van der Waals surface area contributed by atoms with Gasteiger partial charge >= 0.3 is 12.1 Å². The van der Waals surface area contributed by atoms with Crippen molar-refractivity contribution in [2.45, 2.75) is 56.7 Å². The molecule has 6 atom stereocenters. The van der Waals surface area contributed by atoms with E-state index < -0.39 is 12.1 Å². The highest BCUT2D eigenvalue weighted by molar-refractivity contribution is 5.66. The Morgan fingerprint density at radius 3 is 2.53 bits per heavy atom. The van der Waals surface area contributed by atoms with E-state index in [1.54, 1.807) is 0 Å². The molecular weight excluding hydrogens is 388 g/mol. The zero-order valence-electron chi connectivity index (χ0n) is 16.7. The van der Waals surface area contributed by atoms with Gasteiger partial charge in [-0.2, -0.15) is 0 Å². The second kappa shape index (κ2) is 9.59. The third-order valence-electron chi connectivity index (χ3n) is 5.99. The molecular formula is C22H28N2O6. The van der Waals surface area contributed by atoms with Crippen LogP contribution in [0.1, 0.15) is 31.2 Å². The van der Waals surface area contributed by atoms with Crippen LogP contribution in [0.25, 0.3) is 0 Å². The molecule has 0 radical (unpaired) electrons. The smallest absolute Gasteiger partial charge is 0.421 e. The first-order chi connectivity index (χ1) is 14.6. The normalized spacial score (nSPS) is 30.9. The first-order valence-electron chi connectivity index (χ1n) is 10.5. The lowest BCUT2D eigenvalue weighted by Gasteiger charge is -2.25. The van der Waals surface area contributed by atoms with E-state index in [-0.39, 0.29) is 43.4 Å². The van der Waals surface area contributed by atoms with Crippen LogP contribution in [0.15, 0.2) is 42.5 Å². The molecule has 0 aromatic heterocycles. The SMILES string of the molecule is O=C(O)CCC/C=C\C[C@H]1[C@@H](CNNC(=O)OCc2ccccc2)[C@@H]2O[C@H]1[C@@H]1O[C@@H]12. The van der Waals surface area contributed by atoms with Crippen LogP contribution in [-0.4, -0.2) is 48.1 Å². The van der Waals surface area contributed by atoms with Crippen molar-refractivity contribution in [3.8, 4) is 0 Å². The van der Waals surface area contributed by atoms with Gasteiger partial charge in [-0.1, -0.05) is 42.5 Å². The molecule has 0 spiro atoms. The summed E-state index contributed by atoms with van der Waals surface area (Å²) < 4.78 is 17.1. The molecule has 3 N–H and O–H groups in total. The van der Waals surface area contributed by atoms with E-state index in [2.05, 4.69) is 16.9 Å². The molecule has 3 heterocycles. The molecule has 30 heavy (non-hydrogen) atoms. The van der Waals surface area contributed by atoms with Crippen LogP contribution in [0.5, 0.6) is 0 Å². The summed E-state index contributed by atoms with van der Waals surface area (Å²) >= 11 is 0. The summed E-state index contributed by atoms with van der Waals surface area (Å²) in [6.07, 6.45) is 6.64. The predicted molar refractivity (Wildman–Crippen MR) is 107 cm³/mol. The minimum Gasteiger partial charge on any atom is -0.481 e. The van der Waals surface area contributed by atoms with Gasteiger partial charge < -0.3 is 19.3 Å². The third kappa shape index (κ3) is 5.00. The summed E-state index contributed by atoms with van der Waals surface area (Å²) in [7, 11) is 0. The Kier molecular flexibility index (Phi) is 6.66. The van der Waals surface area contributed by atoms with Gasteiger partial charge in [-0.3, -0.25) is 10.2 Å². The number of rotatable bonds is 11. The molecule has 4 rings (SSSR count). The number of ether oxygens (including phenoxy) is 3. The van der Waals surface area contributed by atoms with Crippen LogP contribution in [0.3, 0.4) is 0 Å². The van der Waals surface area contributed by atoms with Crippen molar-refractivity contribution in [2.24, 2.45) is 11.8 Å². The van der Waals surface area contributed by atoms with Crippen molar-refractivity contribution in [1.29, 1.82) is 0 Å². The highest BCUT2D eigenvalue weighted by atomic mass is 16.7. The van der Waals surface area contributed by atoms with Crippen molar-refractivity contribution in [3.05, 3.63) is 48.0 Å². The van der Waals surface area contributed by atoms with Crippen LogP contribution >= 0.6 is 0 Å². The fourth-order valence-corrected chi connectivity index (χ4v) is 4.50. The second-order valence-corrected chi connectivity index (χ2v) is 8.02.